The fourth-order valence-electron chi connectivity index (χ4n) is 4.05. The van der Waals surface area contributed by atoms with Gasteiger partial charge in [0.05, 0.1) is 5.69 Å². The maximum absolute atomic E-state index is 12.5. The Morgan fingerprint density at radius 3 is 2.55 bits per heavy atom. The van der Waals surface area contributed by atoms with E-state index in [-0.39, 0.29) is 11.3 Å². The molecule has 0 atom stereocenters. The van der Waals surface area contributed by atoms with Gasteiger partial charge in [0.2, 0.25) is 0 Å². The SMILES string of the molecule is CC(C)CNC(=O)c1cccc(CSc2nc(N(C)C3CCCCC3)cc(C(C)(C)C)n2)c1. The second kappa shape index (κ2) is 11.4. The van der Waals surface area contributed by atoms with Crippen LogP contribution in [0.4, 0.5) is 5.82 Å². The molecule has 0 spiro atoms. The zero-order valence-electron chi connectivity index (χ0n) is 21.1. The molecule has 1 aliphatic rings. The molecular formula is C27H40N4OS. The normalized spacial score (nSPS) is 15.0. The Morgan fingerprint density at radius 1 is 1.15 bits per heavy atom. The van der Waals surface area contributed by atoms with Crippen LogP contribution in [0, 0.1) is 5.92 Å². The maximum atomic E-state index is 12.5. The first kappa shape index (κ1) is 25.5. The van der Waals surface area contributed by atoms with E-state index in [1.807, 2.05) is 18.2 Å². The van der Waals surface area contributed by atoms with Crippen molar-refractivity contribution in [1.29, 1.82) is 0 Å². The van der Waals surface area contributed by atoms with Gasteiger partial charge in [0, 0.05) is 42.4 Å². The van der Waals surface area contributed by atoms with Gasteiger partial charge in [-0.25, -0.2) is 9.97 Å². The third-order valence-corrected chi connectivity index (χ3v) is 7.09. The van der Waals surface area contributed by atoms with Crippen molar-refractivity contribution in [2.45, 2.75) is 89.1 Å². The Balaban J connectivity index is 1.76. The number of hydrogen-bond donors (Lipinski definition) is 1. The van der Waals surface area contributed by atoms with Gasteiger partial charge in [-0.2, -0.15) is 0 Å². The van der Waals surface area contributed by atoms with Crippen LogP contribution in [0.25, 0.3) is 0 Å². The number of thioether (sulfide) groups is 1. The summed E-state index contributed by atoms with van der Waals surface area (Å²) in [7, 11) is 2.18. The van der Waals surface area contributed by atoms with Crippen LogP contribution in [0.15, 0.2) is 35.5 Å². The predicted octanol–water partition coefficient (Wildman–Crippen LogP) is 6.22. The van der Waals surface area contributed by atoms with Crippen molar-refractivity contribution in [1.82, 2.24) is 15.3 Å². The van der Waals surface area contributed by atoms with Crippen LogP contribution in [0.5, 0.6) is 0 Å². The quantitative estimate of drug-likeness (QED) is 0.368. The summed E-state index contributed by atoms with van der Waals surface area (Å²) < 4.78 is 0. The van der Waals surface area contributed by atoms with Crippen molar-refractivity contribution in [3.63, 3.8) is 0 Å². The molecule has 3 rings (SSSR count). The summed E-state index contributed by atoms with van der Waals surface area (Å²) in [6.07, 6.45) is 6.42. The summed E-state index contributed by atoms with van der Waals surface area (Å²) >= 11 is 1.64. The molecule has 0 bridgehead atoms. The number of hydrogen-bond acceptors (Lipinski definition) is 5. The van der Waals surface area contributed by atoms with Gasteiger partial charge in [-0.05, 0) is 36.5 Å². The van der Waals surface area contributed by atoms with Crippen molar-refractivity contribution in [3.8, 4) is 0 Å². The van der Waals surface area contributed by atoms with Gasteiger partial charge in [0.15, 0.2) is 5.16 Å². The maximum Gasteiger partial charge on any atom is 0.251 e. The minimum Gasteiger partial charge on any atom is -0.357 e. The van der Waals surface area contributed by atoms with E-state index < -0.39 is 0 Å². The van der Waals surface area contributed by atoms with E-state index in [0.717, 1.165) is 28.0 Å². The molecule has 33 heavy (non-hydrogen) atoms. The third-order valence-electron chi connectivity index (χ3n) is 6.17. The average Bonchev–Trinajstić information content (AvgIpc) is 2.80. The molecular weight excluding hydrogens is 428 g/mol. The number of carbonyl (C=O) groups excluding carboxylic acids is 1. The molecule has 0 unspecified atom stereocenters. The standard InChI is InChI=1S/C27H40N4OS/c1-19(2)17-28-25(32)21-12-10-11-20(15-21)18-33-26-29-23(27(3,4)5)16-24(30-26)31(6)22-13-8-7-9-14-22/h10-12,15-16,19,22H,7-9,13-14,17-18H2,1-6H3,(H,28,32). The topological polar surface area (TPSA) is 58.1 Å². The summed E-state index contributed by atoms with van der Waals surface area (Å²) in [4.78, 5) is 24.7. The summed E-state index contributed by atoms with van der Waals surface area (Å²) in [5.41, 5.74) is 2.83. The van der Waals surface area contributed by atoms with Crippen LogP contribution in [0.1, 0.15) is 88.3 Å². The number of nitrogens with one attached hydrogen (secondary N) is 1. The number of benzene rings is 1. The van der Waals surface area contributed by atoms with Crippen LogP contribution in [0.3, 0.4) is 0 Å². The molecule has 0 radical (unpaired) electrons. The second-order valence-electron chi connectivity index (χ2n) is 10.6. The molecule has 1 aromatic carbocycles. The molecule has 5 nitrogen and oxygen atoms in total. The zero-order chi connectivity index (χ0) is 24.0. The van der Waals surface area contributed by atoms with Crippen LogP contribution in [-0.4, -0.2) is 35.5 Å². The average molecular weight is 469 g/mol. The van der Waals surface area contributed by atoms with Crippen LogP contribution in [-0.2, 0) is 11.2 Å². The molecule has 180 valence electrons. The van der Waals surface area contributed by atoms with Gasteiger partial charge in [-0.3, -0.25) is 4.79 Å². The molecule has 1 heterocycles. The number of nitrogens with zero attached hydrogens (tertiary/aromatic N) is 3. The Bertz CT molecular complexity index is 932. The first-order valence-electron chi connectivity index (χ1n) is 12.3. The van der Waals surface area contributed by atoms with E-state index in [4.69, 9.17) is 9.97 Å². The van der Waals surface area contributed by atoms with Gasteiger partial charge in [-0.15, -0.1) is 0 Å². The highest BCUT2D eigenvalue weighted by molar-refractivity contribution is 7.98. The molecule has 2 aromatic rings. The van der Waals surface area contributed by atoms with E-state index in [1.54, 1.807) is 11.8 Å². The van der Waals surface area contributed by atoms with E-state index in [1.165, 1.54) is 32.1 Å². The van der Waals surface area contributed by atoms with Crippen molar-refractivity contribution >= 4 is 23.5 Å². The molecule has 1 aliphatic carbocycles. The van der Waals surface area contributed by atoms with Gasteiger partial charge in [-0.1, -0.05) is 77.8 Å². The zero-order valence-corrected chi connectivity index (χ0v) is 22.0. The summed E-state index contributed by atoms with van der Waals surface area (Å²) in [6.45, 7) is 11.5. The highest BCUT2D eigenvalue weighted by Gasteiger charge is 2.23. The number of anilines is 1. The first-order valence-corrected chi connectivity index (χ1v) is 13.2. The van der Waals surface area contributed by atoms with Gasteiger partial charge < -0.3 is 10.2 Å². The molecule has 6 heteroatoms. The molecule has 1 saturated carbocycles. The van der Waals surface area contributed by atoms with Crippen molar-refractivity contribution < 1.29 is 4.79 Å². The lowest BCUT2D eigenvalue weighted by Crippen LogP contribution is -2.34. The number of carbonyl (C=O) groups is 1. The summed E-state index contributed by atoms with van der Waals surface area (Å²) in [6, 6.07) is 10.6. The highest BCUT2D eigenvalue weighted by atomic mass is 32.2. The van der Waals surface area contributed by atoms with Gasteiger partial charge in [0.1, 0.15) is 5.82 Å². The number of amides is 1. The van der Waals surface area contributed by atoms with Crippen molar-refractivity contribution in [2.75, 3.05) is 18.5 Å². The minimum atomic E-state index is -0.0468. The lowest BCUT2D eigenvalue weighted by atomic mass is 9.91. The van der Waals surface area contributed by atoms with E-state index in [2.05, 4.69) is 64.0 Å². The monoisotopic (exact) mass is 468 g/mol. The summed E-state index contributed by atoms with van der Waals surface area (Å²) in [5.74, 6) is 2.16. The van der Waals surface area contributed by atoms with Crippen LogP contribution < -0.4 is 10.2 Å². The second-order valence-corrected chi connectivity index (χ2v) is 11.6. The molecule has 0 saturated heterocycles. The highest BCUT2D eigenvalue weighted by Crippen LogP contribution is 2.31. The van der Waals surface area contributed by atoms with Gasteiger partial charge >= 0.3 is 0 Å². The predicted molar refractivity (Wildman–Crippen MR) is 139 cm³/mol. The molecule has 1 amide bonds. The third kappa shape index (κ3) is 7.46. The van der Waals surface area contributed by atoms with Crippen molar-refractivity contribution in [3.05, 3.63) is 47.2 Å². The summed E-state index contributed by atoms with van der Waals surface area (Å²) in [5, 5.41) is 3.80. The molecule has 1 aromatic heterocycles. The lowest BCUT2D eigenvalue weighted by Gasteiger charge is -2.33. The Kier molecular flexibility index (Phi) is 8.80. The van der Waals surface area contributed by atoms with E-state index in [0.29, 0.717) is 24.1 Å². The lowest BCUT2D eigenvalue weighted by molar-refractivity contribution is 0.0949. The largest absolute Gasteiger partial charge is 0.357 e. The minimum absolute atomic E-state index is 0.0158. The van der Waals surface area contributed by atoms with Gasteiger partial charge in [0.25, 0.3) is 5.91 Å². The van der Waals surface area contributed by atoms with E-state index >= 15 is 0 Å². The molecule has 0 aliphatic heterocycles. The Labute approximate surface area is 204 Å². The first-order chi connectivity index (χ1) is 15.6. The molecule has 1 N–H and O–H groups in total. The van der Waals surface area contributed by atoms with Crippen LogP contribution >= 0.6 is 11.8 Å². The molecule has 1 fully saturated rings. The Hall–Kier alpha value is -2.08. The number of aromatic nitrogens is 2. The van der Waals surface area contributed by atoms with Crippen molar-refractivity contribution in [2.24, 2.45) is 5.92 Å². The van der Waals surface area contributed by atoms with E-state index in [9.17, 15) is 4.79 Å². The van der Waals surface area contributed by atoms with Crippen LogP contribution in [0.2, 0.25) is 0 Å². The fourth-order valence-corrected chi connectivity index (χ4v) is 4.84. The smallest absolute Gasteiger partial charge is 0.251 e. The number of rotatable bonds is 8. The Morgan fingerprint density at radius 2 is 1.88 bits per heavy atom. The fraction of sp³-hybridized carbons (Fsp3) is 0.593.